The van der Waals surface area contributed by atoms with Gasteiger partial charge in [0.1, 0.15) is 0 Å². The Labute approximate surface area is 125 Å². The van der Waals surface area contributed by atoms with Gasteiger partial charge in [-0.2, -0.15) is 0 Å². The molecule has 0 aromatic heterocycles. The number of hydrogen-bond donors (Lipinski definition) is 1. The van der Waals surface area contributed by atoms with Gasteiger partial charge in [0, 0.05) is 13.1 Å². The maximum absolute atomic E-state index is 6.04. The number of nitrogens with zero attached hydrogens (tertiary/aromatic N) is 1. The van der Waals surface area contributed by atoms with Crippen molar-refractivity contribution in [2.45, 2.75) is 58.5 Å². The standard InChI is InChI=1S/C17H34N2O/c1-15(2)12-18-13-16-8-9-19(14-16)10-11-20-17-6-4-3-5-7-17/h15-18H,3-14H2,1-2H3. The van der Waals surface area contributed by atoms with Crippen molar-refractivity contribution in [1.29, 1.82) is 0 Å². The van der Waals surface area contributed by atoms with Gasteiger partial charge < -0.3 is 15.0 Å². The first-order valence-corrected chi connectivity index (χ1v) is 8.78. The van der Waals surface area contributed by atoms with Crippen LogP contribution in [0.25, 0.3) is 0 Å². The van der Waals surface area contributed by atoms with E-state index in [1.807, 2.05) is 0 Å². The summed E-state index contributed by atoms with van der Waals surface area (Å²) in [5.74, 6) is 1.61. The summed E-state index contributed by atoms with van der Waals surface area (Å²) in [4.78, 5) is 2.59. The molecule has 0 radical (unpaired) electrons. The molecule has 2 fully saturated rings. The number of nitrogens with one attached hydrogen (secondary N) is 1. The van der Waals surface area contributed by atoms with Gasteiger partial charge in [-0.05, 0) is 50.7 Å². The highest BCUT2D eigenvalue weighted by Gasteiger charge is 2.22. The van der Waals surface area contributed by atoms with E-state index in [2.05, 4.69) is 24.1 Å². The first-order valence-electron chi connectivity index (χ1n) is 8.78. The van der Waals surface area contributed by atoms with E-state index < -0.39 is 0 Å². The molecular formula is C17H34N2O. The van der Waals surface area contributed by atoms with Crippen LogP contribution < -0.4 is 5.32 Å². The smallest absolute Gasteiger partial charge is 0.0597 e. The van der Waals surface area contributed by atoms with Crippen LogP contribution in [0.4, 0.5) is 0 Å². The van der Waals surface area contributed by atoms with Crippen molar-refractivity contribution in [2.24, 2.45) is 11.8 Å². The van der Waals surface area contributed by atoms with Crippen molar-refractivity contribution >= 4 is 0 Å². The average Bonchev–Trinajstić information content (AvgIpc) is 2.87. The summed E-state index contributed by atoms with van der Waals surface area (Å²) in [6, 6.07) is 0. The van der Waals surface area contributed by atoms with Gasteiger partial charge in [0.2, 0.25) is 0 Å². The lowest BCUT2D eigenvalue weighted by atomic mass is 9.98. The highest BCUT2D eigenvalue weighted by Crippen LogP contribution is 2.20. The monoisotopic (exact) mass is 282 g/mol. The predicted octanol–water partition coefficient (Wildman–Crippen LogP) is 2.90. The first kappa shape index (κ1) is 16.3. The van der Waals surface area contributed by atoms with Crippen LogP contribution >= 0.6 is 0 Å². The fourth-order valence-electron chi connectivity index (χ4n) is 3.44. The lowest BCUT2D eigenvalue weighted by molar-refractivity contribution is 0.0184. The zero-order valence-electron chi connectivity index (χ0n) is 13.6. The fourth-order valence-corrected chi connectivity index (χ4v) is 3.44. The van der Waals surface area contributed by atoms with Crippen molar-refractivity contribution in [3.05, 3.63) is 0 Å². The van der Waals surface area contributed by atoms with Crippen molar-refractivity contribution in [1.82, 2.24) is 10.2 Å². The Hall–Kier alpha value is -0.120. The molecule has 1 saturated carbocycles. The molecule has 20 heavy (non-hydrogen) atoms. The van der Waals surface area contributed by atoms with Gasteiger partial charge in [-0.15, -0.1) is 0 Å². The minimum absolute atomic E-state index is 0.565. The molecule has 3 nitrogen and oxygen atoms in total. The van der Waals surface area contributed by atoms with Crippen LogP contribution in [-0.4, -0.2) is 50.3 Å². The normalized spacial score (nSPS) is 25.6. The molecule has 2 aliphatic rings. The Morgan fingerprint density at radius 1 is 1.15 bits per heavy atom. The maximum Gasteiger partial charge on any atom is 0.0597 e. The first-order chi connectivity index (χ1) is 9.74. The Kier molecular flexibility index (Phi) is 7.32. The quantitative estimate of drug-likeness (QED) is 0.741. The van der Waals surface area contributed by atoms with E-state index in [1.165, 1.54) is 58.2 Å². The third-order valence-corrected chi connectivity index (χ3v) is 4.67. The summed E-state index contributed by atoms with van der Waals surface area (Å²) >= 11 is 0. The van der Waals surface area contributed by atoms with E-state index in [0.717, 1.165) is 31.5 Å². The second kappa shape index (κ2) is 9.01. The summed E-state index contributed by atoms with van der Waals surface area (Å²) in [7, 11) is 0. The number of hydrogen-bond acceptors (Lipinski definition) is 3. The lowest BCUT2D eigenvalue weighted by Crippen LogP contribution is -2.31. The SMILES string of the molecule is CC(C)CNCC1CCN(CCOC2CCCCC2)C1. The molecule has 2 rings (SSSR count). The summed E-state index contributed by atoms with van der Waals surface area (Å²) in [6.45, 7) is 11.5. The molecule has 1 aliphatic heterocycles. The molecule has 1 heterocycles. The second-order valence-electron chi connectivity index (χ2n) is 7.14. The Morgan fingerprint density at radius 2 is 1.95 bits per heavy atom. The minimum Gasteiger partial charge on any atom is -0.377 e. The van der Waals surface area contributed by atoms with E-state index in [1.54, 1.807) is 0 Å². The molecule has 1 saturated heterocycles. The van der Waals surface area contributed by atoms with Gasteiger partial charge in [0.05, 0.1) is 12.7 Å². The summed E-state index contributed by atoms with van der Waals surface area (Å²) in [6.07, 6.45) is 8.67. The molecule has 1 N–H and O–H groups in total. The van der Waals surface area contributed by atoms with Gasteiger partial charge in [-0.3, -0.25) is 0 Å². The number of rotatable bonds is 8. The van der Waals surface area contributed by atoms with E-state index in [9.17, 15) is 0 Å². The summed E-state index contributed by atoms with van der Waals surface area (Å²) in [5.41, 5.74) is 0. The largest absolute Gasteiger partial charge is 0.377 e. The molecule has 118 valence electrons. The van der Waals surface area contributed by atoms with Gasteiger partial charge in [0.25, 0.3) is 0 Å². The van der Waals surface area contributed by atoms with Crippen LogP contribution in [0.5, 0.6) is 0 Å². The summed E-state index contributed by atoms with van der Waals surface area (Å²) < 4.78 is 6.04. The molecule has 0 spiro atoms. The van der Waals surface area contributed by atoms with Crippen molar-refractivity contribution in [3.8, 4) is 0 Å². The predicted molar refractivity (Wildman–Crippen MR) is 85.1 cm³/mol. The van der Waals surface area contributed by atoms with E-state index >= 15 is 0 Å². The van der Waals surface area contributed by atoms with Gasteiger partial charge in [0.15, 0.2) is 0 Å². The molecule has 1 atom stereocenters. The fraction of sp³-hybridized carbons (Fsp3) is 1.00. The Bertz CT molecular complexity index is 251. The van der Waals surface area contributed by atoms with Crippen LogP contribution in [0, 0.1) is 11.8 Å². The van der Waals surface area contributed by atoms with E-state index in [-0.39, 0.29) is 0 Å². The van der Waals surface area contributed by atoms with Crippen LogP contribution in [0.3, 0.4) is 0 Å². The zero-order chi connectivity index (χ0) is 14.2. The highest BCUT2D eigenvalue weighted by molar-refractivity contribution is 4.77. The molecular weight excluding hydrogens is 248 g/mol. The van der Waals surface area contributed by atoms with Crippen LogP contribution in [-0.2, 0) is 4.74 Å². The van der Waals surface area contributed by atoms with Crippen molar-refractivity contribution < 1.29 is 4.74 Å². The van der Waals surface area contributed by atoms with Crippen molar-refractivity contribution in [3.63, 3.8) is 0 Å². The molecule has 0 amide bonds. The molecule has 1 aliphatic carbocycles. The lowest BCUT2D eigenvalue weighted by Gasteiger charge is -2.23. The second-order valence-corrected chi connectivity index (χ2v) is 7.14. The maximum atomic E-state index is 6.04. The van der Waals surface area contributed by atoms with Gasteiger partial charge in [-0.1, -0.05) is 33.1 Å². The van der Waals surface area contributed by atoms with Gasteiger partial charge in [-0.25, -0.2) is 0 Å². The zero-order valence-corrected chi connectivity index (χ0v) is 13.6. The van der Waals surface area contributed by atoms with Crippen LogP contribution in [0.1, 0.15) is 52.4 Å². The molecule has 0 aromatic carbocycles. The van der Waals surface area contributed by atoms with E-state index in [4.69, 9.17) is 4.74 Å². The number of likely N-dealkylation sites (tertiary alicyclic amines) is 1. The summed E-state index contributed by atoms with van der Waals surface area (Å²) in [5, 5.41) is 3.60. The topological polar surface area (TPSA) is 24.5 Å². The number of ether oxygens (including phenoxy) is 1. The minimum atomic E-state index is 0.565. The highest BCUT2D eigenvalue weighted by atomic mass is 16.5. The third kappa shape index (κ3) is 6.11. The Morgan fingerprint density at radius 3 is 2.70 bits per heavy atom. The van der Waals surface area contributed by atoms with Crippen LogP contribution in [0.15, 0.2) is 0 Å². The molecule has 3 heteroatoms. The molecule has 1 unspecified atom stereocenters. The van der Waals surface area contributed by atoms with Crippen molar-refractivity contribution in [2.75, 3.05) is 39.3 Å². The average molecular weight is 282 g/mol. The van der Waals surface area contributed by atoms with Gasteiger partial charge >= 0.3 is 0 Å². The Balaban J connectivity index is 1.50. The van der Waals surface area contributed by atoms with Crippen LogP contribution in [0.2, 0.25) is 0 Å². The van der Waals surface area contributed by atoms with E-state index in [0.29, 0.717) is 6.10 Å². The molecule has 0 bridgehead atoms. The third-order valence-electron chi connectivity index (χ3n) is 4.67. The molecule has 0 aromatic rings.